The first-order valence-electron chi connectivity index (χ1n) is 13.5. The van der Waals surface area contributed by atoms with Crippen molar-refractivity contribution in [3.63, 3.8) is 0 Å². The van der Waals surface area contributed by atoms with Crippen molar-refractivity contribution in [3.8, 4) is 5.75 Å². The van der Waals surface area contributed by atoms with E-state index >= 15 is 0 Å². The van der Waals surface area contributed by atoms with Crippen molar-refractivity contribution < 1.29 is 9.13 Å². The Hall–Kier alpha value is -3.97. The van der Waals surface area contributed by atoms with Crippen molar-refractivity contribution in [3.05, 3.63) is 160 Å². The number of aromatic nitrogens is 1. The molecular formula is C34H23Cl2FN2O2S. The van der Waals surface area contributed by atoms with Gasteiger partial charge in [-0.1, -0.05) is 95.2 Å². The fraction of sp³-hybridized carbons (Fsp3) is 0.118. The van der Waals surface area contributed by atoms with Crippen molar-refractivity contribution in [1.29, 1.82) is 0 Å². The zero-order valence-electron chi connectivity index (χ0n) is 22.2. The van der Waals surface area contributed by atoms with E-state index in [9.17, 15) is 9.18 Å². The van der Waals surface area contributed by atoms with Gasteiger partial charge in [0.25, 0.3) is 5.56 Å². The van der Waals surface area contributed by atoms with Crippen LogP contribution in [0.3, 0.4) is 0 Å². The lowest BCUT2D eigenvalue weighted by Crippen LogP contribution is -2.38. The molecule has 42 heavy (non-hydrogen) atoms. The zero-order valence-corrected chi connectivity index (χ0v) is 24.5. The number of hydrogen-bond donors (Lipinski definition) is 0. The molecule has 1 aliphatic heterocycles. The zero-order chi connectivity index (χ0) is 28.8. The van der Waals surface area contributed by atoms with Gasteiger partial charge in [-0.25, -0.2) is 9.38 Å². The van der Waals surface area contributed by atoms with Crippen LogP contribution >= 0.6 is 34.5 Å². The van der Waals surface area contributed by atoms with Gasteiger partial charge in [-0.2, -0.15) is 0 Å². The van der Waals surface area contributed by atoms with Gasteiger partial charge in [0.05, 0.1) is 16.3 Å². The van der Waals surface area contributed by atoms with Gasteiger partial charge < -0.3 is 4.74 Å². The predicted octanol–water partition coefficient (Wildman–Crippen LogP) is 7.34. The van der Waals surface area contributed by atoms with Crippen LogP contribution in [-0.4, -0.2) is 4.57 Å². The SMILES string of the molecule is O=c1c(=Cc2ccccc2OCc2ccc(Cl)cc2Cl)sc2n1[C@@H](c1cccc(F)c1)C1=C(N=2)c2ccccc2CC1. The maximum Gasteiger partial charge on any atom is 0.271 e. The summed E-state index contributed by atoms with van der Waals surface area (Å²) in [6.45, 7) is 0.244. The minimum atomic E-state index is -0.444. The van der Waals surface area contributed by atoms with E-state index in [2.05, 4.69) is 12.1 Å². The molecule has 0 unspecified atom stereocenters. The molecule has 2 heterocycles. The molecule has 4 aromatic carbocycles. The Bertz CT molecular complexity index is 2080. The number of para-hydroxylation sites is 1. The molecule has 4 nitrogen and oxygen atoms in total. The van der Waals surface area contributed by atoms with E-state index < -0.39 is 6.04 Å². The summed E-state index contributed by atoms with van der Waals surface area (Å²) in [5, 5.41) is 1.08. The molecule has 1 aromatic heterocycles. The standard InChI is InChI=1S/C34H23Cl2FN2O2S/c35-24-14-12-23(28(36)18-24)19-41-29-11-4-2-7-21(29)17-30-33(40)39-32(22-8-5-9-25(37)16-22)27-15-13-20-6-1-3-10-26(20)31(27)38-34(39)42-30/h1-12,14,16-18,32H,13,15,19H2/t32-/m0/s1. The molecular weight excluding hydrogens is 590 g/mol. The summed E-state index contributed by atoms with van der Waals surface area (Å²) in [6, 6.07) is 27.1. The Morgan fingerprint density at radius 2 is 1.81 bits per heavy atom. The second-order valence-electron chi connectivity index (χ2n) is 10.2. The number of hydrogen-bond acceptors (Lipinski definition) is 4. The first kappa shape index (κ1) is 26.9. The number of ether oxygens (including phenoxy) is 1. The maximum atomic E-state index is 14.5. The Labute approximate surface area is 255 Å². The number of nitrogens with zero attached hydrogens (tertiary/aromatic N) is 2. The summed E-state index contributed by atoms with van der Waals surface area (Å²) in [5.41, 5.74) is 6.31. The van der Waals surface area contributed by atoms with E-state index in [1.165, 1.54) is 29.0 Å². The number of rotatable bonds is 5. The quantitative estimate of drug-likeness (QED) is 0.208. The van der Waals surface area contributed by atoms with Crippen LogP contribution in [0.2, 0.25) is 10.0 Å². The third kappa shape index (κ3) is 4.90. The average Bonchev–Trinajstić information content (AvgIpc) is 3.30. The monoisotopic (exact) mass is 612 g/mol. The van der Waals surface area contributed by atoms with Crippen molar-refractivity contribution in [2.75, 3.05) is 0 Å². The van der Waals surface area contributed by atoms with Gasteiger partial charge in [-0.05, 0) is 65.9 Å². The summed E-state index contributed by atoms with van der Waals surface area (Å²) in [7, 11) is 0. The first-order valence-corrected chi connectivity index (χ1v) is 15.1. The number of thiazole rings is 1. The topological polar surface area (TPSA) is 43.6 Å². The number of benzene rings is 4. The first-order chi connectivity index (χ1) is 20.5. The van der Waals surface area contributed by atoms with Gasteiger partial charge in [0.15, 0.2) is 4.80 Å². The molecule has 2 aliphatic rings. The van der Waals surface area contributed by atoms with E-state index in [1.54, 1.807) is 22.8 Å². The van der Waals surface area contributed by atoms with Gasteiger partial charge in [-0.15, -0.1) is 0 Å². The third-order valence-electron chi connectivity index (χ3n) is 7.64. The fourth-order valence-electron chi connectivity index (χ4n) is 5.67. The maximum absolute atomic E-state index is 14.5. The Kier molecular flexibility index (Phi) is 7.06. The lowest BCUT2D eigenvalue weighted by Gasteiger charge is -2.30. The minimum Gasteiger partial charge on any atom is -0.488 e. The van der Waals surface area contributed by atoms with Crippen molar-refractivity contribution in [1.82, 2.24) is 4.57 Å². The third-order valence-corrected chi connectivity index (χ3v) is 9.21. The van der Waals surface area contributed by atoms with Crippen LogP contribution in [0.25, 0.3) is 11.8 Å². The van der Waals surface area contributed by atoms with E-state index in [0.29, 0.717) is 25.1 Å². The molecule has 1 atom stereocenters. The Morgan fingerprint density at radius 3 is 2.67 bits per heavy atom. The van der Waals surface area contributed by atoms with Crippen molar-refractivity contribution >= 4 is 46.3 Å². The number of fused-ring (bicyclic) bond motifs is 3. The Morgan fingerprint density at radius 1 is 0.976 bits per heavy atom. The minimum absolute atomic E-state index is 0.172. The van der Waals surface area contributed by atoms with Crippen LogP contribution in [0, 0.1) is 5.82 Å². The van der Waals surface area contributed by atoms with E-state index in [4.69, 9.17) is 32.9 Å². The molecule has 0 amide bonds. The normalized spacial score (nSPS) is 16.0. The summed E-state index contributed by atoms with van der Waals surface area (Å²) >= 11 is 13.7. The molecule has 0 spiro atoms. The molecule has 0 radical (unpaired) electrons. The summed E-state index contributed by atoms with van der Waals surface area (Å²) in [6.07, 6.45) is 3.41. The molecule has 5 aromatic rings. The van der Waals surface area contributed by atoms with Crippen LogP contribution in [0.1, 0.15) is 40.3 Å². The van der Waals surface area contributed by atoms with Crippen molar-refractivity contribution in [2.45, 2.75) is 25.5 Å². The molecule has 0 N–H and O–H groups in total. The molecule has 0 fully saturated rings. The van der Waals surface area contributed by atoms with Crippen LogP contribution in [-0.2, 0) is 13.0 Å². The predicted molar refractivity (Wildman–Crippen MR) is 166 cm³/mol. The summed E-state index contributed by atoms with van der Waals surface area (Å²) in [4.78, 5) is 19.7. The Balaban J connectivity index is 1.35. The highest BCUT2D eigenvalue weighted by Crippen LogP contribution is 2.41. The van der Waals surface area contributed by atoms with E-state index in [0.717, 1.165) is 46.4 Å². The smallest absolute Gasteiger partial charge is 0.271 e. The average molecular weight is 614 g/mol. The van der Waals surface area contributed by atoms with E-state index in [-0.39, 0.29) is 18.0 Å². The summed E-state index contributed by atoms with van der Waals surface area (Å²) in [5.74, 6) is 0.279. The fourth-order valence-corrected chi connectivity index (χ4v) is 7.12. The van der Waals surface area contributed by atoms with Gasteiger partial charge in [0.2, 0.25) is 0 Å². The highest BCUT2D eigenvalue weighted by Gasteiger charge is 2.32. The number of aryl methyl sites for hydroxylation is 1. The molecule has 0 saturated carbocycles. The second kappa shape index (κ2) is 11.0. The van der Waals surface area contributed by atoms with Gasteiger partial charge >= 0.3 is 0 Å². The molecule has 7 rings (SSSR count). The van der Waals surface area contributed by atoms with Gasteiger partial charge in [-0.3, -0.25) is 9.36 Å². The largest absolute Gasteiger partial charge is 0.488 e. The number of halogens is 3. The summed E-state index contributed by atoms with van der Waals surface area (Å²) < 4.78 is 22.9. The molecule has 0 saturated heterocycles. The van der Waals surface area contributed by atoms with Crippen molar-refractivity contribution in [2.24, 2.45) is 4.99 Å². The van der Waals surface area contributed by atoms with Gasteiger partial charge in [0.1, 0.15) is 18.2 Å². The second-order valence-corrected chi connectivity index (χ2v) is 12.1. The van der Waals surface area contributed by atoms with E-state index in [1.807, 2.05) is 54.6 Å². The van der Waals surface area contributed by atoms with Crippen LogP contribution < -0.4 is 19.6 Å². The molecule has 208 valence electrons. The van der Waals surface area contributed by atoms with Gasteiger partial charge in [0, 0.05) is 26.7 Å². The molecule has 1 aliphatic carbocycles. The van der Waals surface area contributed by atoms with Crippen LogP contribution in [0.15, 0.2) is 106 Å². The lowest BCUT2D eigenvalue weighted by molar-refractivity contribution is 0.305. The molecule has 8 heteroatoms. The number of allylic oxidation sites excluding steroid dienone is 1. The lowest BCUT2D eigenvalue weighted by atomic mass is 9.83. The highest BCUT2D eigenvalue weighted by molar-refractivity contribution is 7.07. The van der Waals surface area contributed by atoms with Crippen LogP contribution in [0.5, 0.6) is 5.75 Å². The van der Waals surface area contributed by atoms with Crippen LogP contribution in [0.4, 0.5) is 4.39 Å². The highest BCUT2D eigenvalue weighted by atomic mass is 35.5. The molecule has 0 bridgehead atoms.